The number of nitrogens with one attached hydrogen (secondary N) is 1. The number of hydrogen-bond acceptors (Lipinski definition) is 6. The zero-order chi connectivity index (χ0) is 34.0. The quantitative estimate of drug-likeness (QED) is 0.290. The molecule has 0 radical (unpaired) electrons. The van der Waals surface area contributed by atoms with Crippen molar-refractivity contribution in [1.82, 2.24) is 10.3 Å². The van der Waals surface area contributed by atoms with E-state index in [4.69, 9.17) is 4.74 Å². The number of fused-ring (bicyclic) bond motifs is 2. The second-order valence-electron chi connectivity index (χ2n) is 12.4. The maximum Gasteiger partial charge on any atom is 0.418 e. The normalized spacial score (nSPS) is 24.7. The Kier molecular flexibility index (Phi) is 8.02. The van der Waals surface area contributed by atoms with E-state index in [9.17, 15) is 44.7 Å². The Hall–Kier alpha value is -3.85. The van der Waals surface area contributed by atoms with E-state index in [1.165, 1.54) is 47.8 Å². The number of rotatable bonds is 7. The van der Waals surface area contributed by atoms with Crippen LogP contribution in [0, 0.1) is 5.92 Å². The number of nitrogens with zero attached hydrogens (tertiary/aromatic N) is 2. The first-order chi connectivity index (χ1) is 22.0. The molecule has 2 saturated carbocycles. The van der Waals surface area contributed by atoms with Crippen LogP contribution in [0.5, 0.6) is 5.75 Å². The van der Waals surface area contributed by atoms with Crippen LogP contribution in [0.1, 0.15) is 65.7 Å². The van der Waals surface area contributed by atoms with Gasteiger partial charge >= 0.3 is 12.4 Å². The van der Waals surface area contributed by atoms with Gasteiger partial charge in [-0.15, -0.1) is 0 Å². The van der Waals surface area contributed by atoms with Crippen LogP contribution in [0.4, 0.5) is 32.0 Å². The molecular weight excluding hydrogens is 652 g/mol. The van der Waals surface area contributed by atoms with E-state index < -0.39 is 76.0 Å². The Morgan fingerprint density at radius 2 is 1.72 bits per heavy atom. The highest BCUT2D eigenvalue weighted by atomic mass is 32.2. The maximum absolute atomic E-state index is 14.4. The molecule has 2 heterocycles. The fourth-order valence-corrected chi connectivity index (χ4v) is 8.91. The largest absolute Gasteiger partial charge is 0.497 e. The molecule has 2 fully saturated rings. The van der Waals surface area contributed by atoms with E-state index in [0.29, 0.717) is 18.4 Å². The van der Waals surface area contributed by atoms with Gasteiger partial charge in [0.05, 0.1) is 41.5 Å². The molecule has 0 bridgehead atoms. The van der Waals surface area contributed by atoms with Crippen molar-refractivity contribution in [1.29, 1.82) is 0 Å². The summed E-state index contributed by atoms with van der Waals surface area (Å²) >= 11 is 0. The van der Waals surface area contributed by atoms with Gasteiger partial charge in [-0.3, -0.25) is 14.1 Å². The molecule has 2 aliphatic carbocycles. The van der Waals surface area contributed by atoms with Gasteiger partial charge in [-0.25, -0.2) is 8.42 Å². The van der Waals surface area contributed by atoms with Crippen molar-refractivity contribution in [2.24, 2.45) is 5.92 Å². The van der Waals surface area contributed by atoms with Gasteiger partial charge in [0, 0.05) is 23.2 Å². The number of carbonyl (C=O) groups is 1. The molecule has 252 valence electrons. The first-order valence-electron chi connectivity index (χ1n) is 14.9. The predicted octanol–water partition coefficient (Wildman–Crippen LogP) is 6.13. The van der Waals surface area contributed by atoms with Crippen molar-refractivity contribution in [3.63, 3.8) is 0 Å². The van der Waals surface area contributed by atoms with Crippen LogP contribution in [0.25, 0.3) is 0 Å². The molecule has 2 N–H and O–H groups in total. The SMILES string of the molecule is COc1cccc(S(=O)(=O)N2c3ccc(C(=O)NCc4ncccc4C(F)(F)F)cc3C3(CCC(O)(C(F)(F)F)CC3)C2C2CC2)c1. The van der Waals surface area contributed by atoms with Gasteiger partial charge in [0.1, 0.15) is 5.75 Å². The van der Waals surface area contributed by atoms with Crippen molar-refractivity contribution < 1.29 is 49.4 Å². The summed E-state index contributed by atoms with van der Waals surface area (Å²) in [5.41, 5.74) is -5.04. The van der Waals surface area contributed by atoms with Gasteiger partial charge < -0.3 is 15.2 Å². The highest BCUT2D eigenvalue weighted by Gasteiger charge is 2.65. The Bertz CT molecular complexity index is 1800. The van der Waals surface area contributed by atoms with E-state index in [-0.39, 0.29) is 40.7 Å². The van der Waals surface area contributed by atoms with Crippen molar-refractivity contribution in [2.75, 3.05) is 11.4 Å². The summed E-state index contributed by atoms with van der Waals surface area (Å²) in [6.45, 7) is -0.559. The highest BCUT2D eigenvalue weighted by molar-refractivity contribution is 7.93. The third-order valence-corrected chi connectivity index (χ3v) is 11.4. The number of ether oxygens (including phenoxy) is 1. The molecule has 3 aliphatic rings. The number of pyridine rings is 1. The number of carbonyl (C=O) groups excluding carboxylic acids is 1. The average Bonchev–Trinajstić information content (AvgIpc) is 3.83. The van der Waals surface area contributed by atoms with E-state index in [1.54, 1.807) is 6.07 Å². The lowest BCUT2D eigenvalue weighted by atomic mass is 9.61. The topological polar surface area (TPSA) is 109 Å². The molecule has 8 nitrogen and oxygen atoms in total. The number of hydrogen-bond donors (Lipinski definition) is 2. The minimum atomic E-state index is -4.90. The molecule has 1 spiro atoms. The summed E-state index contributed by atoms with van der Waals surface area (Å²) in [7, 11) is -2.93. The summed E-state index contributed by atoms with van der Waals surface area (Å²) in [6.07, 6.45) is -8.96. The smallest absolute Gasteiger partial charge is 0.418 e. The zero-order valence-corrected chi connectivity index (χ0v) is 25.8. The molecule has 1 aliphatic heterocycles. The van der Waals surface area contributed by atoms with E-state index in [0.717, 1.165) is 18.3 Å². The van der Waals surface area contributed by atoms with Gasteiger partial charge in [0.15, 0.2) is 5.60 Å². The van der Waals surface area contributed by atoms with Crippen LogP contribution in [0.3, 0.4) is 0 Å². The number of aliphatic hydroxyl groups is 1. The number of benzene rings is 2. The van der Waals surface area contributed by atoms with E-state index >= 15 is 0 Å². The first-order valence-corrected chi connectivity index (χ1v) is 16.4. The summed E-state index contributed by atoms with van der Waals surface area (Å²) in [4.78, 5) is 17.0. The fraction of sp³-hybridized carbons (Fsp3) is 0.438. The van der Waals surface area contributed by atoms with Crippen molar-refractivity contribution in [2.45, 2.75) is 79.4 Å². The number of alkyl halides is 6. The number of aromatic nitrogens is 1. The Morgan fingerprint density at radius 3 is 2.34 bits per heavy atom. The summed E-state index contributed by atoms with van der Waals surface area (Å²) < 4.78 is 117. The minimum absolute atomic E-state index is 0.0144. The van der Waals surface area contributed by atoms with Gasteiger partial charge in [-0.05, 0) is 92.5 Å². The summed E-state index contributed by atoms with van der Waals surface area (Å²) in [6, 6.07) is 11.2. The number of anilines is 1. The Morgan fingerprint density at radius 1 is 1.02 bits per heavy atom. The number of sulfonamides is 1. The lowest BCUT2D eigenvalue weighted by Gasteiger charge is -2.47. The second-order valence-corrected chi connectivity index (χ2v) is 14.2. The third-order valence-electron chi connectivity index (χ3n) is 9.63. The van der Waals surface area contributed by atoms with Crippen LogP contribution >= 0.6 is 0 Å². The van der Waals surface area contributed by atoms with Crippen LogP contribution in [0.2, 0.25) is 0 Å². The van der Waals surface area contributed by atoms with Crippen LogP contribution in [0.15, 0.2) is 65.7 Å². The summed E-state index contributed by atoms with van der Waals surface area (Å²) in [5, 5.41) is 13.0. The van der Waals surface area contributed by atoms with Crippen LogP contribution < -0.4 is 14.4 Å². The van der Waals surface area contributed by atoms with Gasteiger partial charge in [0.25, 0.3) is 15.9 Å². The molecule has 3 aromatic rings. The monoisotopic (exact) mass is 683 g/mol. The highest BCUT2D eigenvalue weighted by Crippen LogP contribution is 2.62. The number of amides is 1. The second kappa shape index (κ2) is 11.4. The van der Waals surface area contributed by atoms with Crippen molar-refractivity contribution in [3.8, 4) is 5.75 Å². The minimum Gasteiger partial charge on any atom is -0.497 e. The van der Waals surface area contributed by atoms with Crippen molar-refractivity contribution in [3.05, 3.63) is 83.2 Å². The lowest BCUT2D eigenvalue weighted by Crippen LogP contribution is -2.56. The molecule has 0 saturated heterocycles. The predicted molar refractivity (Wildman–Crippen MR) is 157 cm³/mol. The average molecular weight is 684 g/mol. The third kappa shape index (κ3) is 5.70. The lowest BCUT2D eigenvalue weighted by molar-refractivity contribution is -0.273. The van der Waals surface area contributed by atoms with Gasteiger partial charge in [-0.2, -0.15) is 26.3 Å². The molecule has 1 atom stereocenters. The molecule has 1 aromatic heterocycles. The standard InChI is InChI=1S/C32H31F6N3O5S/c1-46-21-4-2-5-22(17-21)47(44,45)41-26-10-9-20(28(42)40-18-25-23(31(33,34)35)6-3-15-39-25)16-24(26)29(27(41)19-7-8-19)11-13-30(43,14-12-29)32(36,37)38/h2-6,9-10,15-17,19,27,43H,7-8,11-14,18H2,1H3,(H,40,42). The molecule has 6 rings (SSSR count). The van der Waals surface area contributed by atoms with E-state index in [2.05, 4.69) is 10.3 Å². The molecule has 47 heavy (non-hydrogen) atoms. The Labute approximate surface area is 266 Å². The van der Waals surface area contributed by atoms with Crippen LogP contribution in [-0.4, -0.2) is 49.3 Å². The van der Waals surface area contributed by atoms with Gasteiger partial charge in [-0.1, -0.05) is 6.07 Å². The van der Waals surface area contributed by atoms with Crippen LogP contribution in [-0.2, 0) is 28.2 Å². The van der Waals surface area contributed by atoms with Crippen molar-refractivity contribution >= 4 is 21.6 Å². The molecule has 15 heteroatoms. The maximum atomic E-state index is 14.4. The summed E-state index contributed by atoms with van der Waals surface area (Å²) in [5.74, 6) is -0.687. The first kappa shape index (κ1) is 33.1. The molecule has 2 aromatic carbocycles. The fourth-order valence-electron chi connectivity index (χ4n) is 7.07. The number of halogens is 6. The molecule has 1 amide bonds. The molecule has 1 unspecified atom stereocenters. The molecular formula is C32H31F6N3O5S. The van der Waals surface area contributed by atoms with Gasteiger partial charge in [0.2, 0.25) is 0 Å². The van der Waals surface area contributed by atoms with E-state index in [1.807, 2.05) is 0 Å². The Balaban J connectivity index is 1.42. The number of methoxy groups -OCH3 is 1. The zero-order valence-electron chi connectivity index (χ0n) is 25.0.